The van der Waals surface area contributed by atoms with Gasteiger partial charge in [0.05, 0.1) is 11.1 Å². The van der Waals surface area contributed by atoms with Crippen molar-refractivity contribution in [3.05, 3.63) is 38.4 Å². The molecule has 0 fully saturated rings. The normalized spacial score (nSPS) is 10.8. The third kappa shape index (κ3) is 2.03. The molecule has 0 spiro atoms. The molecule has 0 saturated heterocycles. The van der Waals surface area contributed by atoms with Crippen LogP contribution in [-0.4, -0.2) is 16.1 Å². The first-order valence-electron chi connectivity index (χ1n) is 4.91. The van der Waals surface area contributed by atoms with Crippen LogP contribution in [0, 0.1) is 13.8 Å². The Morgan fingerprint density at radius 2 is 2.06 bits per heavy atom. The number of aromatic carboxylic acids is 1. The molecule has 17 heavy (non-hydrogen) atoms. The Balaban J connectivity index is 3.01. The van der Waals surface area contributed by atoms with Crippen molar-refractivity contribution in [2.75, 3.05) is 0 Å². The maximum absolute atomic E-state index is 11.2. The zero-order valence-electron chi connectivity index (χ0n) is 9.21. The number of carbonyl (C=O) groups is 1. The van der Waals surface area contributed by atoms with Crippen molar-refractivity contribution in [3.63, 3.8) is 0 Å². The summed E-state index contributed by atoms with van der Waals surface area (Å²) in [6, 6.07) is 3.20. The lowest BCUT2D eigenvalue weighted by Gasteiger charge is -2.10. The molecule has 5 heteroatoms. The number of hydrogen-bond donors (Lipinski definition) is 1. The summed E-state index contributed by atoms with van der Waals surface area (Å²) >= 11 is 9.27. The van der Waals surface area contributed by atoms with Gasteiger partial charge in [-0.3, -0.25) is 0 Å². The molecular formula is C12H9BrClNO2. The predicted molar refractivity (Wildman–Crippen MR) is 70.9 cm³/mol. The van der Waals surface area contributed by atoms with Gasteiger partial charge in [0, 0.05) is 9.86 Å². The minimum absolute atomic E-state index is 0.179. The van der Waals surface area contributed by atoms with Crippen LogP contribution in [0.15, 0.2) is 16.6 Å². The summed E-state index contributed by atoms with van der Waals surface area (Å²) in [7, 11) is 0. The van der Waals surface area contributed by atoms with Gasteiger partial charge in [-0.1, -0.05) is 27.5 Å². The van der Waals surface area contributed by atoms with Crippen LogP contribution in [0.3, 0.4) is 0 Å². The van der Waals surface area contributed by atoms with Crippen LogP contribution in [0.2, 0.25) is 5.15 Å². The number of hydrogen-bond acceptors (Lipinski definition) is 2. The van der Waals surface area contributed by atoms with E-state index in [0.29, 0.717) is 10.9 Å². The fourth-order valence-electron chi connectivity index (χ4n) is 1.87. The first-order chi connectivity index (χ1) is 7.91. The van der Waals surface area contributed by atoms with E-state index in [9.17, 15) is 9.90 Å². The van der Waals surface area contributed by atoms with Crippen molar-refractivity contribution >= 4 is 44.4 Å². The molecule has 1 aromatic carbocycles. The fraction of sp³-hybridized carbons (Fsp3) is 0.167. The van der Waals surface area contributed by atoms with Gasteiger partial charge in [0.15, 0.2) is 0 Å². The second kappa shape index (κ2) is 4.27. The number of pyridine rings is 1. The minimum Gasteiger partial charge on any atom is -0.478 e. The number of carboxylic acids is 1. The van der Waals surface area contributed by atoms with Gasteiger partial charge in [-0.25, -0.2) is 9.78 Å². The van der Waals surface area contributed by atoms with Gasteiger partial charge in [-0.15, -0.1) is 0 Å². The highest BCUT2D eigenvalue weighted by atomic mass is 79.9. The van der Waals surface area contributed by atoms with E-state index in [0.717, 1.165) is 15.6 Å². The van der Waals surface area contributed by atoms with E-state index in [4.69, 9.17) is 11.6 Å². The van der Waals surface area contributed by atoms with E-state index in [-0.39, 0.29) is 10.7 Å². The van der Waals surface area contributed by atoms with Gasteiger partial charge >= 0.3 is 5.97 Å². The Bertz CT molecular complexity index is 640. The van der Waals surface area contributed by atoms with Gasteiger partial charge in [0.25, 0.3) is 0 Å². The number of fused-ring (bicyclic) bond motifs is 1. The van der Waals surface area contributed by atoms with E-state index in [1.54, 1.807) is 0 Å². The summed E-state index contributed by atoms with van der Waals surface area (Å²) < 4.78 is 0.900. The number of carboxylic acid groups (broad SMARTS) is 1. The quantitative estimate of drug-likeness (QED) is 0.810. The van der Waals surface area contributed by atoms with Crippen LogP contribution in [0.1, 0.15) is 21.5 Å². The van der Waals surface area contributed by atoms with Gasteiger partial charge in [-0.05, 0) is 37.1 Å². The molecule has 0 aliphatic heterocycles. The first kappa shape index (κ1) is 12.3. The lowest BCUT2D eigenvalue weighted by Crippen LogP contribution is -2.01. The van der Waals surface area contributed by atoms with Crippen molar-refractivity contribution in [2.45, 2.75) is 13.8 Å². The van der Waals surface area contributed by atoms with Crippen molar-refractivity contribution in [3.8, 4) is 0 Å². The van der Waals surface area contributed by atoms with E-state index in [2.05, 4.69) is 20.9 Å². The molecule has 1 N–H and O–H groups in total. The van der Waals surface area contributed by atoms with Crippen molar-refractivity contribution in [1.82, 2.24) is 4.98 Å². The average Bonchev–Trinajstić information content (AvgIpc) is 2.24. The molecular weight excluding hydrogens is 305 g/mol. The third-order valence-electron chi connectivity index (χ3n) is 2.65. The lowest BCUT2D eigenvalue weighted by molar-refractivity contribution is 0.0699. The SMILES string of the molecule is Cc1cc2nc(Cl)cc(C(=O)O)c2c(C)c1Br. The zero-order valence-corrected chi connectivity index (χ0v) is 11.6. The van der Waals surface area contributed by atoms with E-state index in [1.165, 1.54) is 6.07 Å². The second-order valence-electron chi connectivity index (χ2n) is 3.82. The van der Waals surface area contributed by atoms with Gasteiger partial charge in [0.1, 0.15) is 5.15 Å². The van der Waals surface area contributed by atoms with Crippen LogP contribution in [0.4, 0.5) is 0 Å². The molecule has 2 rings (SSSR count). The van der Waals surface area contributed by atoms with Crippen LogP contribution in [-0.2, 0) is 0 Å². The van der Waals surface area contributed by atoms with Gasteiger partial charge in [-0.2, -0.15) is 0 Å². The van der Waals surface area contributed by atoms with Gasteiger partial charge < -0.3 is 5.11 Å². The molecule has 0 saturated carbocycles. The Kier molecular flexibility index (Phi) is 3.10. The van der Waals surface area contributed by atoms with Crippen LogP contribution in [0.5, 0.6) is 0 Å². The maximum atomic E-state index is 11.2. The minimum atomic E-state index is -1.00. The second-order valence-corrected chi connectivity index (χ2v) is 5.00. The number of rotatable bonds is 1. The van der Waals surface area contributed by atoms with Crippen molar-refractivity contribution in [2.24, 2.45) is 0 Å². The van der Waals surface area contributed by atoms with E-state index < -0.39 is 5.97 Å². The molecule has 88 valence electrons. The summed E-state index contributed by atoms with van der Waals surface area (Å²) in [5.74, 6) is -1.00. The zero-order chi connectivity index (χ0) is 12.7. The Morgan fingerprint density at radius 1 is 1.41 bits per heavy atom. The number of aromatic nitrogens is 1. The highest BCUT2D eigenvalue weighted by molar-refractivity contribution is 9.10. The monoisotopic (exact) mass is 313 g/mol. The summed E-state index contributed by atoms with van der Waals surface area (Å²) in [6.07, 6.45) is 0. The standard InChI is InChI=1S/C12H9BrClNO2/c1-5-3-8-10(6(2)11(5)13)7(12(16)17)4-9(14)15-8/h3-4H,1-2H3,(H,16,17). The maximum Gasteiger partial charge on any atom is 0.336 e. The average molecular weight is 315 g/mol. The first-order valence-corrected chi connectivity index (χ1v) is 6.08. The smallest absolute Gasteiger partial charge is 0.336 e. The van der Waals surface area contributed by atoms with Crippen molar-refractivity contribution < 1.29 is 9.90 Å². The topological polar surface area (TPSA) is 50.2 Å². The Hall–Kier alpha value is -1.13. The highest BCUT2D eigenvalue weighted by Crippen LogP contribution is 2.31. The predicted octanol–water partition coefficient (Wildman–Crippen LogP) is 3.97. The molecule has 2 aromatic rings. The Labute approximate surface area is 112 Å². The molecule has 0 atom stereocenters. The molecule has 0 aliphatic rings. The third-order valence-corrected chi connectivity index (χ3v) is 4.06. The van der Waals surface area contributed by atoms with Crippen LogP contribution < -0.4 is 0 Å². The largest absolute Gasteiger partial charge is 0.478 e. The number of halogens is 2. The van der Waals surface area contributed by atoms with Crippen LogP contribution in [0.25, 0.3) is 10.9 Å². The summed E-state index contributed by atoms with van der Waals surface area (Å²) in [4.78, 5) is 15.4. The Morgan fingerprint density at radius 3 is 2.65 bits per heavy atom. The molecule has 1 heterocycles. The van der Waals surface area contributed by atoms with E-state index >= 15 is 0 Å². The fourth-order valence-corrected chi connectivity index (χ4v) is 2.39. The molecule has 3 nitrogen and oxygen atoms in total. The summed E-state index contributed by atoms with van der Waals surface area (Å²) in [5, 5.41) is 10.0. The van der Waals surface area contributed by atoms with Gasteiger partial charge in [0.2, 0.25) is 0 Å². The molecule has 0 aliphatic carbocycles. The molecule has 0 radical (unpaired) electrons. The van der Waals surface area contributed by atoms with Crippen LogP contribution >= 0.6 is 27.5 Å². The summed E-state index contributed by atoms with van der Waals surface area (Å²) in [5.41, 5.74) is 2.65. The molecule has 0 amide bonds. The number of nitrogens with zero attached hydrogens (tertiary/aromatic N) is 1. The molecule has 1 aromatic heterocycles. The lowest BCUT2D eigenvalue weighted by atomic mass is 10.0. The van der Waals surface area contributed by atoms with E-state index in [1.807, 2.05) is 19.9 Å². The summed E-state index contributed by atoms with van der Waals surface area (Å²) in [6.45, 7) is 3.79. The number of benzene rings is 1. The number of aryl methyl sites for hydroxylation is 2. The van der Waals surface area contributed by atoms with Crippen molar-refractivity contribution in [1.29, 1.82) is 0 Å². The molecule has 0 unspecified atom stereocenters. The molecule has 0 bridgehead atoms. The highest BCUT2D eigenvalue weighted by Gasteiger charge is 2.16.